The van der Waals surface area contributed by atoms with Crippen LogP contribution in [0, 0.1) is 6.92 Å². The SMILES string of the molecule is COC(=O)c1ccc(C)c(Nc2ccnc(-c3cccnc3)n2)c1. The normalized spacial score (nSPS) is 10.2. The molecule has 120 valence electrons. The molecule has 3 aromatic rings. The van der Waals surface area contributed by atoms with E-state index in [0.29, 0.717) is 17.2 Å². The molecule has 6 nitrogen and oxygen atoms in total. The molecule has 0 bridgehead atoms. The van der Waals surface area contributed by atoms with E-state index in [4.69, 9.17) is 4.74 Å². The fourth-order valence-corrected chi connectivity index (χ4v) is 2.20. The highest BCUT2D eigenvalue weighted by atomic mass is 16.5. The first-order chi connectivity index (χ1) is 11.7. The molecule has 0 saturated carbocycles. The van der Waals surface area contributed by atoms with Crippen molar-refractivity contribution in [1.29, 1.82) is 0 Å². The van der Waals surface area contributed by atoms with Gasteiger partial charge in [-0.05, 0) is 42.8 Å². The van der Waals surface area contributed by atoms with Crippen LogP contribution in [0.3, 0.4) is 0 Å². The highest BCUT2D eigenvalue weighted by Crippen LogP contribution is 2.22. The van der Waals surface area contributed by atoms with Crippen LogP contribution in [0.4, 0.5) is 11.5 Å². The summed E-state index contributed by atoms with van der Waals surface area (Å²) in [5.74, 6) is 0.834. The van der Waals surface area contributed by atoms with Crippen molar-refractivity contribution in [1.82, 2.24) is 15.0 Å². The van der Waals surface area contributed by atoms with Crippen LogP contribution >= 0.6 is 0 Å². The number of ether oxygens (including phenoxy) is 1. The second-order valence-electron chi connectivity index (χ2n) is 5.15. The van der Waals surface area contributed by atoms with Gasteiger partial charge in [-0.3, -0.25) is 4.98 Å². The minimum absolute atomic E-state index is 0.378. The molecule has 2 heterocycles. The van der Waals surface area contributed by atoms with Crippen LogP contribution in [-0.4, -0.2) is 28.0 Å². The van der Waals surface area contributed by atoms with Crippen LogP contribution in [0.15, 0.2) is 55.0 Å². The van der Waals surface area contributed by atoms with E-state index in [0.717, 1.165) is 16.8 Å². The van der Waals surface area contributed by atoms with Crippen molar-refractivity contribution in [2.75, 3.05) is 12.4 Å². The van der Waals surface area contributed by atoms with E-state index in [-0.39, 0.29) is 5.97 Å². The summed E-state index contributed by atoms with van der Waals surface area (Å²) in [4.78, 5) is 24.5. The third-order valence-electron chi connectivity index (χ3n) is 3.50. The van der Waals surface area contributed by atoms with Gasteiger partial charge < -0.3 is 10.1 Å². The Kier molecular flexibility index (Phi) is 4.47. The number of aromatic nitrogens is 3. The number of carbonyl (C=O) groups is 1. The van der Waals surface area contributed by atoms with Gasteiger partial charge in [0.1, 0.15) is 5.82 Å². The van der Waals surface area contributed by atoms with Crippen molar-refractivity contribution >= 4 is 17.5 Å². The van der Waals surface area contributed by atoms with Gasteiger partial charge in [0.25, 0.3) is 0 Å². The van der Waals surface area contributed by atoms with Crippen molar-refractivity contribution in [3.05, 3.63) is 66.1 Å². The molecule has 24 heavy (non-hydrogen) atoms. The number of hydrogen-bond donors (Lipinski definition) is 1. The summed E-state index contributed by atoms with van der Waals surface area (Å²) in [5.41, 5.74) is 3.09. The number of benzene rings is 1. The Morgan fingerprint density at radius 3 is 2.79 bits per heavy atom. The zero-order valence-electron chi connectivity index (χ0n) is 13.4. The topological polar surface area (TPSA) is 77.0 Å². The highest BCUT2D eigenvalue weighted by Gasteiger charge is 2.09. The number of esters is 1. The number of aryl methyl sites for hydroxylation is 1. The second-order valence-corrected chi connectivity index (χ2v) is 5.15. The van der Waals surface area contributed by atoms with E-state index < -0.39 is 0 Å². The van der Waals surface area contributed by atoms with Crippen molar-refractivity contribution in [3.63, 3.8) is 0 Å². The molecule has 0 saturated heterocycles. The molecule has 0 aliphatic carbocycles. The third kappa shape index (κ3) is 3.38. The average Bonchev–Trinajstić information content (AvgIpc) is 2.64. The van der Waals surface area contributed by atoms with Gasteiger partial charge in [0, 0.05) is 29.8 Å². The molecule has 0 atom stereocenters. The van der Waals surface area contributed by atoms with Crippen molar-refractivity contribution in [3.8, 4) is 11.4 Å². The lowest BCUT2D eigenvalue weighted by molar-refractivity contribution is 0.0601. The van der Waals surface area contributed by atoms with Gasteiger partial charge >= 0.3 is 5.97 Å². The van der Waals surface area contributed by atoms with E-state index in [9.17, 15) is 4.79 Å². The Labute approximate surface area is 139 Å². The lowest BCUT2D eigenvalue weighted by atomic mass is 10.1. The Hall–Kier alpha value is -3.28. The van der Waals surface area contributed by atoms with E-state index in [1.807, 2.05) is 25.1 Å². The van der Waals surface area contributed by atoms with Gasteiger partial charge in [0.15, 0.2) is 5.82 Å². The number of rotatable bonds is 4. The number of hydrogen-bond acceptors (Lipinski definition) is 6. The van der Waals surface area contributed by atoms with Crippen molar-refractivity contribution < 1.29 is 9.53 Å². The second kappa shape index (κ2) is 6.87. The lowest BCUT2D eigenvalue weighted by Gasteiger charge is -2.11. The van der Waals surface area contributed by atoms with Gasteiger partial charge in [0.2, 0.25) is 0 Å². The Morgan fingerprint density at radius 2 is 2.04 bits per heavy atom. The van der Waals surface area contributed by atoms with Crippen LogP contribution in [0.25, 0.3) is 11.4 Å². The third-order valence-corrected chi connectivity index (χ3v) is 3.50. The van der Waals surface area contributed by atoms with E-state index in [2.05, 4.69) is 20.3 Å². The number of nitrogens with zero attached hydrogens (tertiary/aromatic N) is 3. The zero-order valence-corrected chi connectivity index (χ0v) is 13.4. The summed E-state index contributed by atoms with van der Waals surface area (Å²) < 4.78 is 4.76. The molecular weight excluding hydrogens is 304 g/mol. The monoisotopic (exact) mass is 320 g/mol. The molecule has 0 fully saturated rings. The fraction of sp³-hybridized carbons (Fsp3) is 0.111. The summed E-state index contributed by atoms with van der Waals surface area (Å²) in [6, 6.07) is 10.8. The quantitative estimate of drug-likeness (QED) is 0.743. The van der Waals surface area contributed by atoms with Crippen molar-refractivity contribution in [2.45, 2.75) is 6.92 Å². The van der Waals surface area contributed by atoms with Crippen LogP contribution in [0.2, 0.25) is 0 Å². The van der Waals surface area contributed by atoms with Crippen molar-refractivity contribution in [2.24, 2.45) is 0 Å². The van der Waals surface area contributed by atoms with Gasteiger partial charge in [-0.1, -0.05) is 6.07 Å². The summed E-state index contributed by atoms with van der Waals surface area (Å²) >= 11 is 0. The summed E-state index contributed by atoms with van der Waals surface area (Å²) in [6.45, 7) is 1.95. The van der Waals surface area contributed by atoms with Gasteiger partial charge in [0.05, 0.1) is 12.7 Å². The van der Waals surface area contributed by atoms with Gasteiger partial charge in [-0.2, -0.15) is 0 Å². The molecular formula is C18H16N4O2. The summed E-state index contributed by atoms with van der Waals surface area (Å²) in [7, 11) is 1.36. The Balaban J connectivity index is 1.90. The molecule has 0 spiro atoms. The summed E-state index contributed by atoms with van der Waals surface area (Å²) in [6.07, 6.45) is 5.09. The molecule has 1 aromatic carbocycles. The molecule has 1 N–H and O–H groups in total. The minimum atomic E-state index is -0.378. The molecule has 2 aromatic heterocycles. The molecule has 0 radical (unpaired) electrons. The zero-order chi connectivity index (χ0) is 16.9. The number of carbonyl (C=O) groups excluding carboxylic acids is 1. The maximum atomic E-state index is 11.7. The number of nitrogens with one attached hydrogen (secondary N) is 1. The molecule has 6 heteroatoms. The van der Waals surface area contributed by atoms with Crippen LogP contribution in [0.5, 0.6) is 0 Å². The van der Waals surface area contributed by atoms with Gasteiger partial charge in [-0.15, -0.1) is 0 Å². The predicted molar refractivity (Wildman–Crippen MR) is 91.1 cm³/mol. The smallest absolute Gasteiger partial charge is 0.337 e. The first-order valence-corrected chi connectivity index (χ1v) is 7.37. The summed E-state index contributed by atoms with van der Waals surface area (Å²) in [5, 5.41) is 3.22. The van der Waals surface area contributed by atoms with Crippen LogP contribution < -0.4 is 5.32 Å². The fourth-order valence-electron chi connectivity index (χ4n) is 2.20. The number of anilines is 2. The molecule has 0 unspecified atom stereocenters. The number of methoxy groups -OCH3 is 1. The van der Waals surface area contributed by atoms with E-state index >= 15 is 0 Å². The standard InChI is InChI=1S/C18H16N4O2/c1-12-5-6-13(18(23)24-2)10-15(12)21-16-7-9-20-17(22-16)14-4-3-8-19-11-14/h3-11H,1-2H3,(H,20,21,22). The minimum Gasteiger partial charge on any atom is -0.465 e. The molecule has 3 rings (SSSR count). The Morgan fingerprint density at radius 1 is 1.17 bits per heavy atom. The largest absolute Gasteiger partial charge is 0.465 e. The number of pyridine rings is 1. The maximum absolute atomic E-state index is 11.7. The maximum Gasteiger partial charge on any atom is 0.337 e. The van der Waals surface area contributed by atoms with E-state index in [1.54, 1.807) is 36.8 Å². The highest BCUT2D eigenvalue weighted by molar-refractivity contribution is 5.91. The lowest BCUT2D eigenvalue weighted by Crippen LogP contribution is -2.04. The van der Waals surface area contributed by atoms with Crippen LogP contribution in [0.1, 0.15) is 15.9 Å². The first-order valence-electron chi connectivity index (χ1n) is 7.37. The Bertz CT molecular complexity index is 866. The van der Waals surface area contributed by atoms with E-state index in [1.165, 1.54) is 7.11 Å². The molecule has 0 amide bonds. The predicted octanol–water partition coefficient (Wildman–Crippen LogP) is 3.38. The first kappa shape index (κ1) is 15.6. The van der Waals surface area contributed by atoms with Gasteiger partial charge in [-0.25, -0.2) is 14.8 Å². The van der Waals surface area contributed by atoms with Crippen LogP contribution in [-0.2, 0) is 4.74 Å². The average molecular weight is 320 g/mol. The molecule has 0 aliphatic rings. The molecule has 0 aliphatic heterocycles.